The van der Waals surface area contributed by atoms with E-state index in [0.717, 1.165) is 29.8 Å². The lowest BCUT2D eigenvalue weighted by atomic mass is 9.74. The average molecular weight is 347 g/mol. The molecule has 1 aliphatic rings. The van der Waals surface area contributed by atoms with Gasteiger partial charge in [0.1, 0.15) is 0 Å². The lowest BCUT2D eigenvalue weighted by molar-refractivity contribution is -0.0977. The first-order valence-corrected chi connectivity index (χ1v) is 8.68. The molecule has 19 heavy (non-hydrogen) atoms. The molecule has 0 aliphatic heterocycles. The normalized spacial score (nSPS) is 29.4. The number of nitrogens with one attached hydrogen (secondary N) is 1. The third kappa shape index (κ3) is 3.22. The SMILES string of the molecule is CCOC1(C(NN)c2cscc2Br)CCC(C)CC1. The van der Waals surface area contributed by atoms with Gasteiger partial charge in [-0.25, -0.2) is 5.43 Å². The Bertz CT molecular complexity index is 402. The van der Waals surface area contributed by atoms with Crippen LogP contribution in [0.2, 0.25) is 0 Å². The van der Waals surface area contributed by atoms with Gasteiger partial charge in [0.2, 0.25) is 0 Å². The zero-order valence-electron chi connectivity index (χ0n) is 11.6. The van der Waals surface area contributed by atoms with Crippen LogP contribution >= 0.6 is 27.3 Å². The minimum Gasteiger partial charge on any atom is -0.373 e. The van der Waals surface area contributed by atoms with Gasteiger partial charge >= 0.3 is 0 Å². The zero-order chi connectivity index (χ0) is 13.9. The van der Waals surface area contributed by atoms with Crippen molar-refractivity contribution >= 4 is 27.3 Å². The summed E-state index contributed by atoms with van der Waals surface area (Å²) in [5, 5.41) is 4.26. The summed E-state index contributed by atoms with van der Waals surface area (Å²) >= 11 is 5.31. The molecule has 0 bridgehead atoms. The van der Waals surface area contributed by atoms with E-state index in [1.165, 1.54) is 18.4 Å². The lowest BCUT2D eigenvalue weighted by Gasteiger charge is -2.44. The Kier molecular flexibility index (Phi) is 5.43. The topological polar surface area (TPSA) is 47.3 Å². The molecule has 1 aliphatic carbocycles. The van der Waals surface area contributed by atoms with Gasteiger partial charge in [0.05, 0.1) is 11.6 Å². The Hall–Kier alpha value is 0.0600. The summed E-state index contributed by atoms with van der Waals surface area (Å²) in [5.41, 5.74) is 4.06. The predicted molar refractivity (Wildman–Crippen MR) is 84.1 cm³/mol. The summed E-state index contributed by atoms with van der Waals surface area (Å²) in [4.78, 5) is 0. The van der Waals surface area contributed by atoms with Crippen LogP contribution < -0.4 is 11.3 Å². The monoisotopic (exact) mass is 346 g/mol. The van der Waals surface area contributed by atoms with Gasteiger partial charge in [-0.2, -0.15) is 11.3 Å². The van der Waals surface area contributed by atoms with Crippen LogP contribution in [0.5, 0.6) is 0 Å². The minimum atomic E-state index is -0.167. The van der Waals surface area contributed by atoms with Crippen LogP contribution in [0.3, 0.4) is 0 Å². The molecule has 5 heteroatoms. The fraction of sp³-hybridized carbons (Fsp3) is 0.714. The molecule has 0 saturated heterocycles. The molecule has 1 saturated carbocycles. The van der Waals surface area contributed by atoms with Crippen molar-refractivity contribution in [1.82, 2.24) is 5.43 Å². The quantitative estimate of drug-likeness (QED) is 0.625. The maximum atomic E-state index is 6.19. The highest BCUT2D eigenvalue weighted by atomic mass is 79.9. The summed E-state index contributed by atoms with van der Waals surface area (Å²) in [6.45, 7) is 5.12. The number of nitrogens with two attached hydrogens (primary N) is 1. The van der Waals surface area contributed by atoms with E-state index in [1.807, 2.05) is 0 Å². The largest absolute Gasteiger partial charge is 0.373 e. The summed E-state index contributed by atoms with van der Waals surface area (Å²) in [7, 11) is 0. The summed E-state index contributed by atoms with van der Waals surface area (Å²) in [6.07, 6.45) is 4.55. The van der Waals surface area contributed by atoms with Crippen molar-refractivity contribution in [1.29, 1.82) is 0 Å². The Labute approximate surface area is 128 Å². The third-order valence-corrected chi connectivity index (χ3v) is 5.95. The molecule has 3 N–H and O–H groups in total. The van der Waals surface area contributed by atoms with E-state index < -0.39 is 0 Å². The zero-order valence-corrected chi connectivity index (χ0v) is 14.0. The van der Waals surface area contributed by atoms with Gasteiger partial charge in [0.25, 0.3) is 0 Å². The standard InChI is InChI=1S/C14H23BrN2OS/c1-3-18-14(6-4-10(2)5-7-14)13(17-16)11-8-19-9-12(11)15/h8-10,13,17H,3-7,16H2,1-2H3. The Morgan fingerprint density at radius 3 is 2.68 bits per heavy atom. The van der Waals surface area contributed by atoms with Crippen molar-refractivity contribution in [3.05, 3.63) is 20.8 Å². The van der Waals surface area contributed by atoms with Crippen LogP contribution in [-0.2, 0) is 4.74 Å². The molecular weight excluding hydrogens is 324 g/mol. The molecule has 1 heterocycles. The molecule has 1 atom stereocenters. The predicted octanol–water partition coefficient (Wildman–Crippen LogP) is 4.00. The van der Waals surface area contributed by atoms with Crippen molar-refractivity contribution < 1.29 is 4.74 Å². The van der Waals surface area contributed by atoms with E-state index in [9.17, 15) is 0 Å². The van der Waals surface area contributed by atoms with Gasteiger partial charge in [0.15, 0.2) is 0 Å². The van der Waals surface area contributed by atoms with Crippen molar-refractivity contribution in [2.75, 3.05) is 6.61 Å². The van der Waals surface area contributed by atoms with Gasteiger partial charge in [-0.3, -0.25) is 5.84 Å². The Balaban J connectivity index is 2.28. The maximum Gasteiger partial charge on any atom is 0.0889 e. The van der Waals surface area contributed by atoms with Crippen LogP contribution in [0, 0.1) is 5.92 Å². The first-order valence-electron chi connectivity index (χ1n) is 6.94. The third-order valence-electron chi connectivity index (χ3n) is 4.20. The molecule has 0 radical (unpaired) electrons. The van der Waals surface area contributed by atoms with E-state index in [4.69, 9.17) is 10.6 Å². The highest BCUT2D eigenvalue weighted by Gasteiger charge is 2.43. The fourth-order valence-electron chi connectivity index (χ4n) is 3.08. The van der Waals surface area contributed by atoms with Crippen molar-refractivity contribution in [2.45, 2.75) is 51.2 Å². The maximum absolute atomic E-state index is 6.19. The fourth-order valence-corrected chi connectivity index (χ4v) is 4.63. The number of hydrogen-bond donors (Lipinski definition) is 2. The van der Waals surface area contributed by atoms with Gasteiger partial charge in [0, 0.05) is 16.5 Å². The summed E-state index contributed by atoms with van der Waals surface area (Å²) in [5.74, 6) is 6.66. The Morgan fingerprint density at radius 1 is 1.53 bits per heavy atom. The van der Waals surface area contributed by atoms with Crippen LogP contribution in [-0.4, -0.2) is 12.2 Å². The number of rotatable bonds is 5. The molecule has 0 aromatic carbocycles. The van der Waals surface area contributed by atoms with Crippen LogP contribution in [0.1, 0.15) is 51.1 Å². The van der Waals surface area contributed by atoms with Crippen LogP contribution in [0.4, 0.5) is 0 Å². The van der Waals surface area contributed by atoms with E-state index in [-0.39, 0.29) is 11.6 Å². The van der Waals surface area contributed by atoms with E-state index in [0.29, 0.717) is 0 Å². The van der Waals surface area contributed by atoms with E-state index >= 15 is 0 Å². The first-order chi connectivity index (χ1) is 9.13. The van der Waals surface area contributed by atoms with E-state index in [1.54, 1.807) is 11.3 Å². The number of thiophene rings is 1. The molecule has 1 unspecified atom stereocenters. The van der Waals surface area contributed by atoms with Gasteiger partial charge in [-0.05, 0) is 65.4 Å². The second-order valence-corrected chi connectivity index (χ2v) is 7.05. The summed E-state index contributed by atoms with van der Waals surface area (Å²) < 4.78 is 7.32. The molecular formula is C14H23BrN2OS. The smallest absolute Gasteiger partial charge is 0.0889 e. The molecule has 2 rings (SSSR count). The molecule has 3 nitrogen and oxygen atoms in total. The van der Waals surface area contributed by atoms with Crippen LogP contribution in [0.15, 0.2) is 15.2 Å². The summed E-state index contributed by atoms with van der Waals surface area (Å²) in [6, 6.07) is 0.0561. The van der Waals surface area contributed by atoms with E-state index in [2.05, 4.69) is 46.0 Å². The highest BCUT2D eigenvalue weighted by molar-refractivity contribution is 9.10. The number of ether oxygens (including phenoxy) is 1. The van der Waals surface area contributed by atoms with Gasteiger partial charge in [-0.1, -0.05) is 6.92 Å². The molecule has 1 fully saturated rings. The number of hydrogen-bond acceptors (Lipinski definition) is 4. The molecule has 1 aromatic heterocycles. The number of halogens is 1. The van der Waals surface area contributed by atoms with Gasteiger partial charge < -0.3 is 4.74 Å². The van der Waals surface area contributed by atoms with Crippen molar-refractivity contribution in [3.63, 3.8) is 0 Å². The van der Waals surface area contributed by atoms with Gasteiger partial charge in [-0.15, -0.1) is 0 Å². The van der Waals surface area contributed by atoms with Crippen LogP contribution in [0.25, 0.3) is 0 Å². The average Bonchev–Trinajstić information content (AvgIpc) is 2.81. The van der Waals surface area contributed by atoms with Crippen molar-refractivity contribution in [2.24, 2.45) is 11.8 Å². The second-order valence-electron chi connectivity index (χ2n) is 5.46. The lowest BCUT2D eigenvalue weighted by Crippen LogP contribution is -2.50. The first kappa shape index (κ1) is 15.4. The van der Waals surface area contributed by atoms with Crippen molar-refractivity contribution in [3.8, 4) is 0 Å². The molecule has 0 amide bonds. The molecule has 108 valence electrons. The highest BCUT2D eigenvalue weighted by Crippen LogP contribution is 2.45. The Morgan fingerprint density at radius 2 is 2.21 bits per heavy atom. The number of hydrazine groups is 1. The molecule has 0 spiro atoms. The molecule has 1 aromatic rings. The second kappa shape index (κ2) is 6.68. The minimum absolute atomic E-state index is 0.0561.